The van der Waals surface area contributed by atoms with Crippen LogP contribution in [0.25, 0.3) is 22.0 Å². The minimum Gasteiger partial charge on any atom is -0.368 e. The van der Waals surface area contributed by atoms with E-state index in [-0.39, 0.29) is 12.0 Å². The summed E-state index contributed by atoms with van der Waals surface area (Å²) in [5.41, 5.74) is 2.83. The highest BCUT2D eigenvalue weighted by Crippen LogP contribution is 2.32. The van der Waals surface area contributed by atoms with Gasteiger partial charge in [0.15, 0.2) is 0 Å². The monoisotopic (exact) mass is 418 g/mol. The SMILES string of the molecule is O=C([C@@H]1CCCO1)N1CCC(F)(Cc2ccc(-c3cnc4ccccc4c3)cc2)CC1. The van der Waals surface area contributed by atoms with Crippen molar-refractivity contribution >= 4 is 16.8 Å². The number of carbonyl (C=O) groups excluding carboxylic acids is 1. The summed E-state index contributed by atoms with van der Waals surface area (Å²) in [6, 6.07) is 18.3. The number of nitrogens with zero attached hydrogens (tertiary/aromatic N) is 2. The molecule has 2 aliphatic rings. The summed E-state index contributed by atoms with van der Waals surface area (Å²) in [6.45, 7) is 1.59. The molecule has 0 aliphatic carbocycles. The zero-order valence-electron chi connectivity index (χ0n) is 17.6. The van der Waals surface area contributed by atoms with Gasteiger partial charge in [-0.1, -0.05) is 42.5 Å². The van der Waals surface area contributed by atoms with Crippen molar-refractivity contribution in [3.05, 3.63) is 66.4 Å². The molecular formula is C26H27FN2O2. The number of aromatic nitrogens is 1. The molecule has 0 N–H and O–H groups in total. The zero-order chi connectivity index (χ0) is 21.3. The van der Waals surface area contributed by atoms with Gasteiger partial charge in [0.05, 0.1) is 5.52 Å². The lowest BCUT2D eigenvalue weighted by molar-refractivity contribution is -0.143. The van der Waals surface area contributed by atoms with Crippen LogP contribution in [0.4, 0.5) is 4.39 Å². The first kappa shape index (κ1) is 20.1. The van der Waals surface area contributed by atoms with E-state index in [1.54, 1.807) is 4.90 Å². The van der Waals surface area contributed by atoms with Crippen LogP contribution in [0.1, 0.15) is 31.2 Å². The van der Waals surface area contributed by atoms with Crippen LogP contribution in [0.3, 0.4) is 0 Å². The van der Waals surface area contributed by atoms with Crippen LogP contribution in [0.2, 0.25) is 0 Å². The predicted molar refractivity (Wildman–Crippen MR) is 120 cm³/mol. The van der Waals surface area contributed by atoms with Gasteiger partial charge in [0, 0.05) is 43.3 Å². The normalized spacial score (nSPS) is 20.8. The summed E-state index contributed by atoms with van der Waals surface area (Å²) in [6.07, 6.45) is 4.42. The molecule has 0 unspecified atom stereocenters. The van der Waals surface area contributed by atoms with Crippen LogP contribution in [-0.2, 0) is 16.0 Å². The number of likely N-dealkylation sites (tertiary alicyclic amines) is 1. The standard InChI is InChI=1S/C26H27FN2O2/c27-26(11-13-29(14-12-26)25(30)24-6-3-15-31-24)17-19-7-9-20(10-8-19)22-16-21-4-1-2-5-23(21)28-18-22/h1-2,4-5,7-10,16,18,24H,3,6,11-15,17H2/t24-/m0/s1. The molecule has 2 aromatic carbocycles. The molecule has 2 fully saturated rings. The molecule has 1 aromatic heterocycles. The number of amides is 1. The maximum atomic E-state index is 15.5. The van der Waals surface area contributed by atoms with Gasteiger partial charge in [-0.15, -0.1) is 0 Å². The van der Waals surface area contributed by atoms with Gasteiger partial charge in [-0.3, -0.25) is 9.78 Å². The van der Waals surface area contributed by atoms with Gasteiger partial charge < -0.3 is 9.64 Å². The molecule has 1 amide bonds. The van der Waals surface area contributed by atoms with Gasteiger partial charge in [0.1, 0.15) is 11.8 Å². The van der Waals surface area contributed by atoms with E-state index >= 15 is 4.39 Å². The summed E-state index contributed by atoms with van der Waals surface area (Å²) in [4.78, 5) is 18.8. The number of hydrogen-bond donors (Lipinski definition) is 0. The van der Waals surface area contributed by atoms with Gasteiger partial charge in [-0.2, -0.15) is 0 Å². The van der Waals surface area contributed by atoms with E-state index in [9.17, 15) is 4.79 Å². The molecule has 5 rings (SSSR count). The molecular weight excluding hydrogens is 391 g/mol. The van der Waals surface area contributed by atoms with Gasteiger partial charge in [0.25, 0.3) is 5.91 Å². The molecule has 5 heteroatoms. The quantitative estimate of drug-likeness (QED) is 0.602. The van der Waals surface area contributed by atoms with Gasteiger partial charge in [-0.05, 0) is 48.9 Å². The lowest BCUT2D eigenvalue weighted by Crippen LogP contribution is -2.48. The summed E-state index contributed by atoms with van der Waals surface area (Å²) in [7, 11) is 0. The molecule has 160 valence electrons. The van der Waals surface area contributed by atoms with Crippen molar-refractivity contribution < 1.29 is 13.9 Å². The molecule has 0 bridgehead atoms. The second-order valence-electron chi connectivity index (χ2n) is 8.77. The Morgan fingerprint density at radius 2 is 1.87 bits per heavy atom. The molecule has 3 heterocycles. The lowest BCUT2D eigenvalue weighted by Gasteiger charge is -2.37. The van der Waals surface area contributed by atoms with Crippen LogP contribution in [0.5, 0.6) is 0 Å². The van der Waals surface area contributed by atoms with E-state index in [4.69, 9.17) is 4.74 Å². The van der Waals surface area contributed by atoms with E-state index in [1.807, 2.05) is 48.7 Å². The first-order chi connectivity index (χ1) is 15.1. The van der Waals surface area contributed by atoms with E-state index in [0.717, 1.165) is 40.4 Å². The summed E-state index contributed by atoms with van der Waals surface area (Å²) < 4.78 is 21.0. The number of carbonyl (C=O) groups is 1. The second-order valence-corrected chi connectivity index (χ2v) is 8.77. The fourth-order valence-electron chi connectivity index (χ4n) is 4.69. The van der Waals surface area contributed by atoms with Crippen molar-refractivity contribution in [3.63, 3.8) is 0 Å². The highest BCUT2D eigenvalue weighted by Gasteiger charge is 2.38. The molecule has 0 saturated carbocycles. The Balaban J connectivity index is 1.22. The molecule has 2 aliphatic heterocycles. The molecule has 1 atom stereocenters. The Labute approximate surface area is 182 Å². The van der Waals surface area contributed by atoms with Crippen LogP contribution in [0.15, 0.2) is 60.8 Å². The maximum absolute atomic E-state index is 15.5. The third-order valence-electron chi connectivity index (χ3n) is 6.58. The highest BCUT2D eigenvalue weighted by atomic mass is 19.1. The first-order valence-electron chi connectivity index (χ1n) is 11.1. The zero-order valence-corrected chi connectivity index (χ0v) is 17.6. The Bertz CT molecular complexity index is 1070. The number of rotatable bonds is 4. The smallest absolute Gasteiger partial charge is 0.251 e. The van der Waals surface area contributed by atoms with Crippen molar-refractivity contribution in [1.29, 1.82) is 0 Å². The van der Waals surface area contributed by atoms with E-state index < -0.39 is 5.67 Å². The fourth-order valence-corrected chi connectivity index (χ4v) is 4.69. The van der Waals surface area contributed by atoms with Crippen molar-refractivity contribution in [1.82, 2.24) is 9.88 Å². The molecule has 0 radical (unpaired) electrons. The number of halogens is 1. The molecule has 2 saturated heterocycles. The van der Waals surface area contributed by atoms with Gasteiger partial charge in [-0.25, -0.2) is 4.39 Å². The Morgan fingerprint density at radius 3 is 2.61 bits per heavy atom. The molecule has 3 aromatic rings. The maximum Gasteiger partial charge on any atom is 0.251 e. The van der Waals surface area contributed by atoms with Crippen LogP contribution < -0.4 is 0 Å². The van der Waals surface area contributed by atoms with E-state index in [0.29, 0.717) is 39.0 Å². The van der Waals surface area contributed by atoms with Crippen molar-refractivity contribution in [2.24, 2.45) is 0 Å². The van der Waals surface area contributed by atoms with Crippen LogP contribution in [-0.4, -0.2) is 47.3 Å². The van der Waals surface area contributed by atoms with Gasteiger partial charge >= 0.3 is 0 Å². The number of ether oxygens (including phenoxy) is 1. The third kappa shape index (κ3) is 4.33. The first-order valence-corrected chi connectivity index (χ1v) is 11.1. The summed E-state index contributed by atoms with van der Waals surface area (Å²) in [5.74, 6) is 0.0351. The molecule has 31 heavy (non-hydrogen) atoms. The number of hydrogen-bond acceptors (Lipinski definition) is 3. The fraction of sp³-hybridized carbons (Fsp3) is 0.385. The second kappa shape index (κ2) is 8.39. The summed E-state index contributed by atoms with van der Waals surface area (Å²) in [5, 5.41) is 1.11. The van der Waals surface area contributed by atoms with Crippen molar-refractivity contribution in [2.45, 2.75) is 43.9 Å². The number of alkyl halides is 1. The average molecular weight is 419 g/mol. The van der Waals surface area contributed by atoms with E-state index in [1.165, 1.54) is 0 Å². The highest BCUT2D eigenvalue weighted by molar-refractivity contribution is 5.83. The summed E-state index contributed by atoms with van der Waals surface area (Å²) >= 11 is 0. The predicted octanol–water partition coefficient (Wildman–Crippen LogP) is 4.95. The Hall–Kier alpha value is -2.79. The van der Waals surface area contributed by atoms with Crippen molar-refractivity contribution in [2.75, 3.05) is 19.7 Å². The largest absolute Gasteiger partial charge is 0.368 e. The van der Waals surface area contributed by atoms with Gasteiger partial charge in [0.2, 0.25) is 0 Å². The van der Waals surface area contributed by atoms with E-state index in [2.05, 4.69) is 17.1 Å². The number of para-hydroxylation sites is 1. The number of fused-ring (bicyclic) bond motifs is 1. The molecule has 0 spiro atoms. The molecule has 4 nitrogen and oxygen atoms in total. The lowest BCUT2D eigenvalue weighted by atomic mass is 9.86. The third-order valence-corrected chi connectivity index (χ3v) is 6.58. The minimum atomic E-state index is -1.26. The topological polar surface area (TPSA) is 42.4 Å². The Morgan fingerprint density at radius 1 is 1.10 bits per heavy atom. The number of pyridine rings is 1. The number of piperidine rings is 1. The van der Waals surface area contributed by atoms with Crippen LogP contribution in [0, 0.1) is 0 Å². The number of benzene rings is 2. The van der Waals surface area contributed by atoms with Crippen molar-refractivity contribution in [3.8, 4) is 11.1 Å². The average Bonchev–Trinajstić information content (AvgIpc) is 3.34. The minimum absolute atomic E-state index is 0.0351. The van der Waals surface area contributed by atoms with Crippen LogP contribution >= 0.6 is 0 Å². The Kier molecular flexibility index (Phi) is 5.45.